The van der Waals surface area contributed by atoms with Gasteiger partial charge in [0.1, 0.15) is 0 Å². The number of rotatable bonds is 2. The Morgan fingerprint density at radius 1 is 1.40 bits per heavy atom. The van der Waals surface area contributed by atoms with E-state index in [-0.39, 0.29) is 0 Å². The summed E-state index contributed by atoms with van der Waals surface area (Å²) in [7, 11) is 0. The summed E-state index contributed by atoms with van der Waals surface area (Å²) in [5, 5.41) is 0. The molecule has 2 heteroatoms. The molecule has 0 spiro atoms. The average Bonchev–Trinajstić information content (AvgIpc) is 2.30. The van der Waals surface area contributed by atoms with E-state index in [4.69, 9.17) is 0 Å². The van der Waals surface area contributed by atoms with Crippen LogP contribution in [0.1, 0.15) is 11.3 Å². The summed E-state index contributed by atoms with van der Waals surface area (Å²) in [5.74, 6) is 0. The summed E-state index contributed by atoms with van der Waals surface area (Å²) in [5.41, 5.74) is 1.98. The molecule has 0 unspecified atom stereocenters. The Morgan fingerprint density at radius 2 is 2.10 bits per heavy atom. The first kappa shape index (κ1) is 7.22. The Kier molecular flexibility index (Phi) is 2.02. The summed E-state index contributed by atoms with van der Waals surface area (Å²) >= 11 is 4.20. The quantitative estimate of drug-likeness (QED) is 0.604. The number of H-pyrrole nitrogens is 1. The van der Waals surface area contributed by atoms with Gasteiger partial charge in [-0.2, -0.15) is 0 Å². The van der Waals surface area contributed by atoms with E-state index in [1.54, 1.807) is 12.2 Å². The highest BCUT2D eigenvalue weighted by molar-refractivity contribution is 7.80. The van der Waals surface area contributed by atoms with E-state index in [1.807, 2.05) is 6.20 Å². The van der Waals surface area contributed by atoms with Gasteiger partial charge in [-0.1, -0.05) is 19.2 Å². The lowest BCUT2D eigenvalue weighted by atomic mass is 10.2. The van der Waals surface area contributed by atoms with Gasteiger partial charge in [-0.05, 0) is 6.08 Å². The minimum Gasteiger partial charge on any atom is -0.360 e. The topological polar surface area (TPSA) is 15.8 Å². The molecule has 0 bridgehead atoms. The lowest BCUT2D eigenvalue weighted by Gasteiger charge is -1.89. The van der Waals surface area contributed by atoms with Gasteiger partial charge in [-0.15, -0.1) is 12.6 Å². The predicted octanol–water partition coefficient (Wildman–Crippen LogP) is 2.59. The van der Waals surface area contributed by atoms with Gasteiger partial charge in [0.05, 0.1) is 0 Å². The number of aromatic nitrogens is 1. The minimum atomic E-state index is 0.907. The van der Waals surface area contributed by atoms with Crippen molar-refractivity contribution >= 4 is 24.8 Å². The highest BCUT2D eigenvalue weighted by atomic mass is 32.1. The number of thiol groups is 1. The van der Waals surface area contributed by atoms with Crippen molar-refractivity contribution in [2.24, 2.45) is 0 Å². The molecule has 0 aromatic carbocycles. The number of hydrogen-bond acceptors (Lipinski definition) is 1. The third kappa shape index (κ3) is 1.02. The molecular formula is C8H9NS. The first-order chi connectivity index (χ1) is 4.79. The van der Waals surface area contributed by atoms with Crippen LogP contribution in [-0.2, 0) is 0 Å². The molecule has 1 nitrogen and oxygen atoms in total. The average molecular weight is 151 g/mol. The minimum absolute atomic E-state index is 0.907. The first-order valence-electron chi connectivity index (χ1n) is 2.94. The van der Waals surface area contributed by atoms with Crippen LogP contribution in [0.3, 0.4) is 0 Å². The molecule has 10 heavy (non-hydrogen) atoms. The molecule has 1 aromatic heterocycles. The highest BCUT2D eigenvalue weighted by Gasteiger charge is 1.99. The second-order valence-electron chi connectivity index (χ2n) is 1.91. The molecule has 1 aromatic rings. The highest BCUT2D eigenvalue weighted by Crippen LogP contribution is 2.19. The monoisotopic (exact) mass is 151 g/mol. The second-order valence-corrected chi connectivity index (χ2v) is 2.39. The van der Waals surface area contributed by atoms with Crippen LogP contribution in [0.4, 0.5) is 0 Å². The molecule has 0 aliphatic heterocycles. The maximum Gasteiger partial charge on any atom is 0.0459 e. The third-order valence-electron chi connectivity index (χ3n) is 1.34. The molecule has 0 aliphatic carbocycles. The van der Waals surface area contributed by atoms with Gasteiger partial charge in [0, 0.05) is 22.3 Å². The van der Waals surface area contributed by atoms with E-state index >= 15 is 0 Å². The molecule has 0 atom stereocenters. The van der Waals surface area contributed by atoms with Gasteiger partial charge in [-0.25, -0.2) is 0 Å². The van der Waals surface area contributed by atoms with Gasteiger partial charge in [0.15, 0.2) is 0 Å². The van der Waals surface area contributed by atoms with Crippen molar-refractivity contribution in [1.82, 2.24) is 4.98 Å². The molecular weight excluding hydrogens is 142 g/mol. The van der Waals surface area contributed by atoms with Gasteiger partial charge in [0.2, 0.25) is 0 Å². The Morgan fingerprint density at radius 3 is 2.50 bits per heavy atom. The Hall–Kier alpha value is -0.890. The molecule has 1 N–H and O–H groups in total. The SMILES string of the molecule is C=Cc1[nH]cc(S)c1C=C. The van der Waals surface area contributed by atoms with Crippen molar-refractivity contribution in [3.63, 3.8) is 0 Å². The zero-order valence-corrected chi connectivity index (χ0v) is 6.49. The standard InChI is InChI=1S/C8H9NS/c1-3-6-7(4-2)9-5-8(6)10/h3-5,9-10H,1-2H2. The molecule has 0 saturated carbocycles. The maximum absolute atomic E-state index is 4.20. The van der Waals surface area contributed by atoms with Gasteiger partial charge < -0.3 is 4.98 Å². The van der Waals surface area contributed by atoms with Crippen LogP contribution in [0, 0.1) is 0 Å². The molecule has 0 radical (unpaired) electrons. The summed E-state index contributed by atoms with van der Waals surface area (Å²) in [4.78, 5) is 3.92. The normalized spacial score (nSPS) is 9.30. The fraction of sp³-hybridized carbons (Fsp3) is 0. The molecule has 0 amide bonds. The Labute approximate surface area is 65.9 Å². The van der Waals surface area contributed by atoms with Crippen LogP contribution >= 0.6 is 12.6 Å². The molecule has 1 rings (SSSR count). The zero-order valence-electron chi connectivity index (χ0n) is 5.59. The fourth-order valence-corrected chi connectivity index (χ4v) is 1.10. The fourth-order valence-electron chi connectivity index (χ4n) is 0.823. The van der Waals surface area contributed by atoms with Gasteiger partial charge in [0.25, 0.3) is 0 Å². The summed E-state index contributed by atoms with van der Waals surface area (Å²) in [6, 6.07) is 0. The first-order valence-corrected chi connectivity index (χ1v) is 3.39. The van der Waals surface area contributed by atoms with Gasteiger partial charge in [-0.3, -0.25) is 0 Å². The van der Waals surface area contributed by atoms with Crippen molar-refractivity contribution in [2.45, 2.75) is 4.90 Å². The number of aromatic amines is 1. The molecule has 1 heterocycles. The van der Waals surface area contributed by atoms with Crippen LogP contribution in [0.25, 0.3) is 12.2 Å². The van der Waals surface area contributed by atoms with E-state index in [0.717, 1.165) is 16.2 Å². The molecule has 0 fully saturated rings. The zero-order chi connectivity index (χ0) is 7.56. The van der Waals surface area contributed by atoms with Crippen molar-refractivity contribution < 1.29 is 0 Å². The van der Waals surface area contributed by atoms with E-state index in [0.29, 0.717) is 0 Å². The summed E-state index contributed by atoms with van der Waals surface area (Å²) in [6.07, 6.45) is 5.32. The van der Waals surface area contributed by atoms with E-state index in [9.17, 15) is 0 Å². The number of nitrogens with one attached hydrogen (secondary N) is 1. The summed E-state index contributed by atoms with van der Waals surface area (Å²) < 4.78 is 0. The predicted molar refractivity (Wildman–Crippen MR) is 48.2 cm³/mol. The largest absolute Gasteiger partial charge is 0.360 e. The molecule has 52 valence electrons. The van der Waals surface area contributed by atoms with Crippen LogP contribution in [0.5, 0.6) is 0 Å². The van der Waals surface area contributed by atoms with E-state index in [2.05, 4.69) is 30.8 Å². The van der Waals surface area contributed by atoms with Crippen molar-refractivity contribution in [2.75, 3.05) is 0 Å². The smallest absolute Gasteiger partial charge is 0.0459 e. The number of hydrogen-bond donors (Lipinski definition) is 2. The van der Waals surface area contributed by atoms with Crippen LogP contribution in [-0.4, -0.2) is 4.98 Å². The van der Waals surface area contributed by atoms with E-state index in [1.165, 1.54) is 0 Å². The van der Waals surface area contributed by atoms with Crippen molar-refractivity contribution in [3.8, 4) is 0 Å². The van der Waals surface area contributed by atoms with Crippen LogP contribution < -0.4 is 0 Å². The van der Waals surface area contributed by atoms with E-state index < -0.39 is 0 Å². The van der Waals surface area contributed by atoms with Crippen molar-refractivity contribution in [1.29, 1.82) is 0 Å². The lowest BCUT2D eigenvalue weighted by molar-refractivity contribution is 1.36. The summed E-state index contributed by atoms with van der Waals surface area (Å²) in [6.45, 7) is 7.30. The molecule has 0 aliphatic rings. The van der Waals surface area contributed by atoms with Crippen LogP contribution in [0.2, 0.25) is 0 Å². The lowest BCUT2D eigenvalue weighted by Crippen LogP contribution is -1.72. The van der Waals surface area contributed by atoms with Crippen molar-refractivity contribution in [3.05, 3.63) is 30.6 Å². The molecule has 0 saturated heterocycles. The Balaban J connectivity index is 3.25. The van der Waals surface area contributed by atoms with Gasteiger partial charge >= 0.3 is 0 Å². The Bertz CT molecular complexity index is 260. The third-order valence-corrected chi connectivity index (χ3v) is 1.71. The second kappa shape index (κ2) is 2.80. The maximum atomic E-state index is 4.20. The van der Waals surface area contributed by atoms with Crippen LogP contribution in [0.15, 0.2) is 24.3 Å².